The fourth-order valence-electron chi connectivity index (χ4n) is 4.71. The summed E-state index contributed by atoms with van der Waals surface area (Å²) < 4.78 is 0.896. The number of rotatable bonds is 8. The van der Waals surface area contributed by atoms with E-state index in [2.05, 4.69) is 33.2 Å². The maximum absolute atomic E-state index is 13.6. The van der Waals surface area contributed by atoms with Gasteiger partial charge in [0.25, 0.3) is 0 Å². The summed E-state index contributed by atoms with van der Waals surface area (Å²) in [5.41, 5.74) is 2.45. The van der Waals surface area contributed by atoms with Gasteiger partial charge in [0, 0.05) is 33.2 Å². The molecule has 1 amide bonds. The zero-order valence-electron chi connectivity index (χ0n) is 16.5. The minimum Gasteiger partial charge on any atom is -0.361 e. The van der Waals surface area contributed by atoms with Crippen molar-refractivity contribution in [3.8, 4) is 0 Å². The third-order valence-electron chi connectivity index (χ3n) is 6.12. The molecule has 29 heavy (non-hydrogen) atoms. The Morgan fingerprint density at radius 1 is 1.10 bits per heavy atom. The molecule has 2 atom stereocenters. The van der Waals surface area contributed by atoms with E-state index in [-0.39, 0.29) is 5.91 Å². The summed E-state index contributed by atoms with van der Waals surface area (Å²) in [6.45, 7) is 2.17. The quantitative estimate of drug-likeness (QED) is 0.327. The number of nitrogens with one attached hydrogen (secondary N) is 2. The lowest BCUT2D eigenvalue weighted by Crippen LogP contribution is -2.43. The number of carbonyl (C=O) groups excluding carboxylic acids is 2. The second-order valence-corrected chi connectivity index (χ2v) is 8.71. The van der Waals surface area contributed by atoms with Gasteiger partial charge in [-0.2, -0.15) is 0 Å². The molecule has 150 valence electrons. The maximum Gasteiger partial charge on any atom is 0.240 e. The predicted octanol–water partition coefficient (Wildman–Crippen LogP) is 5.95. The highest BCUT2D eigenvalue weighted by Gasteiger charge is 2.54. The first-order valence-electron chi connectivity index (χ1n) is 10.3. The molecule has 0 aliphatic carbocycles. The fraction of sp³-hybridized carbons (Fsp3) is 0.333. The fourth-order valence-corrected chi connectivity index (χ4v) is 5.07. The van der Waals surface area contributed by atoms with E-state index in [9.17, 15) is 9.59 Å². The molecule has 0 bridgehead atoms. The van der Waals surface area contributed by atoms with E-state index < -0.39 is 11.3 Å². The van der Waals surface area contributed by atoms with E-state index in [0.717, 1.165) is 64.2 Å². The van der Waals surface area contributed by atoms with Crippen molar-refractivity contribution in [1.82, 2.24) is 4.98 Å². The van der Waals surface area contributed by atoms with Gasteiger partial charge in [0.15, 0.2) is 0 Å². The number of fused-ring (bicyclic) bond motifs is 2. The Balaban J connectivity index is 1.92. The van der Waals surface area contributed by atoms with Gasteiger partial charge < -0.3 is 15.1 Å². The van der Waals surface area contributed by atoms with Crippen LogP contribution in [0, 0.1) is 5.92 Å². The lowest BCUT2D eigenvalue weighted by Gasteiger charge is -2.33. The summed E-state index contributed by atoms with van der Waals surface area (Å²) in [4.78, 5) is 29.3. The zero-order valence-corrected chi connectivity index (χ0v) is 18.1. The number of H-pyrrole nitrogens is 1. The van der Waals surface area contributed by atoms with E-state index in [1.807, 2.05) is 48.7 Å². The highest BCUT2D eigenvalue weighted by molar-refractivity contribution is 9.10. The van der Waals surface area contributed by atoms with Crippen molar-refractivity contribution in [2.75, 3.05) is 5.32 Å². The van der Waals surface area contributed by atoms with Gasteiger partial charge in [-0.15, -0.1) is 0 Å². The average Bonchev–Trinajstić information content (AvgIpc) is 3.27. The Hall–Kier alpha value is -2.40. The Morgan fingerprint density at radius 3 is 2.72 bits per heavy atom. The molecule has 1 aliphatic rings. The highest BCUT2D eigenvalue weighted by Crippen LogP contribution is 2.51. The standard InChI is InChI=1S/C24H25BrN2O2/c1-2-3-4-5-8-16(15-28)24(20-14-26-21-10-7-6-9-18(20)21)19-13-17(25)11-12-22(19)27-23(24)29/h6-7,9-16,26H,2-5,8H2,1H3,(H,27,29)/t16-,24-/m0/s1. The third kappa shape index (κ3) is 3.21. The second-order valence-electron chi connectivity index (χ2n) is 7.79. The third-order valence-corrected chi connectivity index (χ3v) is 6.61. The number of amides is 1. The molecule has 0 saturated heterocycles. The Bertz CT molecular complexity index is 1060. The first-order valence-corrected chi connectivity index (χ1v) is 11.1. The minimum absolute atomic E-state index is 0.122. The van der Waals surface area contributed by atoms with E-state index in [1.54, 1.807) is 0 Å². The van der Waals surface area contributed by atoms with Gasteiger partial charge in [0.1, 0.15) is 11.7 Å². The number of halogens is 1. The molecule has 0 unspecified atom stereocenters. The number of hydrogen-bond donors (Lipinski definition) is 2. The number of hydrogen-bond acceptors (Lipinski definition) is 2. The second kappa shape index (κ2) is 8.15. The van der Waals surface area contributed by atoms with Gasteiger partial charge >= 0.3 is 0 Å². The molecule has 1 aliphatic heterocycles. The average molecular weight is 453 g/mol. The molecule has 4 rings (SSSR count). The van der Waals surface area contributed by atoms with Crippen molar-refractivity contribution in [3.05, 3.63) is 64.3 Å². The molecule has 1 aromatic heterocycles. The van der Waals surface area contributed by atoms with Crippen molar-refractivity contribution in [3.63, 3.8) is 0 Å². The largest absolute Gasteiger partial charge is 0.361 e. The molecule has 0 saturated carbocycles. The van der Waals surface area contributed by atoms with Crippen LogP contribution in [-0.4, -0.2) is 17.2 Å². The van der Waals surface area contributed by atoms with Crippen LogP contribution in [0.1, 0.15) is 50.2 Å². The van der Waals surface area contributed by atoms with Gasteiger partial charge in [0.2, 0.25) is 5.91 Å². The SMILES string of the molecule is CCCCCC[C@@H](C=O)[C@]1(c2c[nH]c3ccccc23)C(=O)Nc2ccc(Br)cc21. The van der Waals surface area contributed by atoms with Gasteiger partial charge in [-0.1, -0.05) is 66.7 Å². The van der Waals surface area contributed by atoms with E-state index in [1.165, 1.54) is 0 Å². The molecule has 4 nitrogen and oxygen atoms in total. The van der Waals surface area contributed by atoms with Gasteiger partial charge in [-0.3, -0.25) is 4.79 Å². The molecular weight excluding hydrogens is 428 g/mol. The van der Waals surface area contributed by atoms with Crippen LogP contribution in [0.15, 0.2) is 53.1 Å². The molecule has 2 heterocycles. The van der Waals surface area contributed by atoms with Crippen molar-refractivity contribution < 1.29 is 9.59 Å². The smallest absolute Gasteiger partial charge is 0.240 e. The first-order chi connectivity index (χ1) is 14.1. The summed E-state index contributed by atoms with van der Waals surface area (Å²) >= 11 is 3.56. The van der Waals surface area contributed by atoms with Gasteiger partial charge in [-0.05, 0) is 41.8 Å². The molecule has 3 aromatic rings. The molecule has 2 aromatic carbocycles. The minimum atomic E-state index is -1.04. The lowest BCUT2D eigenvalue weighted by molar-refractivity contribution is -0.125. The number of aromatic nitrogens is 1. The number of unbranched alkanes of at least 4 members (excludes halogenated alkanes) is 3. The van der Waals surface area contributed by atoms with Crippen LogP contribution in [0.3, 0.4) is 0 Å². The normalized spacial score (nSPS) is 19.2. The van der Waals surface area contributed by atoms with Gasteiger partial charge in [0.05, 0.1) is 0 Å². The van der Waals surface area contributed by atoms with Crippen LogP contribution in [0.2, 0.25) is 0 Å². The molecule has 0 spiro atoms. The van der Waals surface area contributed by atoms with Gasteiger partial charge in [-0.25, -0.2) is 0 Å². The Labute approximate surface area is 179 Å². The van der Waals surface area contributed by atoms with E-state index >= 15 is 0 Å². The molecule has 0 fully saturated rings. The summed E-state index contributed by atoms with van der Waals surface area (Å²) in [5.74, 6) is -0.558. The first kappa shape index (κ1) is 19.9. The van der Waals surface area contributed by atoms with E-state index in [0.29, 0.717) is 6.42 Å². The van der Waals surface area contributed by atoms with E-state index in [4.69, 9.17) is 0 Å². The topological polar surface area (TPSA) is 62.0 Å². The molecular formula is C24H25BrN2O2. The number of aldehydes is 1. The molecule has 5 heteroatoms. The molecule has 0 radical (unpaired) electrons. The van der Waals surface area contributed by atoms with Crippen molar-refractivity contribution in [2.24, 2.45) is 5.92 Å². The van der Waals surface area contributed by atoms with Crippen LogP contribution in [0.25, 0.3) is 10.9 Å². The van der Waals surface area contributed by atoms with Crippen LogP contribution in [-0.2, 0) is 15.0 Å². The molecule has 2 N–H and O–H groups in total. The maximum atomic E-state index is 13.6. The summed E-state index contributed by atoms with van der Waals surface area (Å²) in [6, 6.07) is 13.8. The predicted molar refractivity (Wildman–Crippen MR) is 120 cm³/mol. The highest BCUT2D eigenvalue weighted by atomic mass is 79.9. The zero-order chi connectivity index (χ0) is 20.4. The number of para-hydroxylation sites is 1. The van der Waals surface area contributed by atoms with Crippen molar-refractivity contribution >= 4 is 44.7 Å². The summed E-state index contributed by atoms with van der Waals surface area (Å²) in [7, 11) is 0. The number of anilines is 1. The van der Waals surface area contributed by atoms with Crippen LogP contribution < -0.4 is 5.32 Å². The number of benzene rings is 2. The van der Waals surface area contributed by atoms with Crippen LogP contribution >= 0.6 is 15.9 Å². The Morgan fingerprint density at radius 2 is 1.93 bits per heavy atom. The Kier molecular flexibility index (Phi) is 5.59. The summed E-state index contributed by atoms with van der Waals surface area (Å²) in [5, 5.41) is 4.03. The van der Waals surface area contributed by atoms with Crippen LogP contribution in [0.5, 0.6) is 0 Å². The van der Waals surface area contributed by atoms with Crippen LogP contribution in [0.4, 0.5) is 5.69 Å². The number of carbonyl (C=O) groups is 2. The monoisotopic (exact) mass is 452 g/mol. The number of aromatic amines is 1. The lowest BCUT2D eigenvalue weighted by atomic mass is 9.65. The summed E-state index contributed by atoms with van der Waals surface area (Å²) in [6.07, 6.45) is 7.85. The van der Waals surface area contributed by atoms with Crippen molar-refractivity contribution in [1.29, 1.82) is 0 Å². The van der Waals surface area contributed by atoms with Crippen molar-refractivity contribution in [2.45, 2.75) is 44.4 Å².